The number of rotatable bonds is 4. The van der Waals surface area contributed by atoms with Gasteiger partial charge in [-0.1, -0.05) is 12.1 Å². The van der Waals surface area contributed by atoms with Gasteiger partial charge in [0, 0.05) is 17.8 Å². The molecule has 3 aromatic heterocycles. The molecule has 7 nitrogen and oxygen atoms in total. The first-order valence-corrected chi connectivity index (χ1v) is 10.2. The number of nitrogens with zero attached hydrogens (tertiary/aromatic N) is 5. The van der Waals surface area contributed by atoms with Gasteiger partial charge in [-0.3, -0.25) is 0 Å². The van der Waals surface area contributed by atoms with Crippen LogP contribution in [0, 0.1) is 6.92 Å². The van der Waals surface area contributed by atoms with Gasteiger partial charge in [0.15, 0.2) is 15.9 Å². The van der Waals surface area contributed by atoms with Crippen molar-refractivity contribution in [2.24, 2.45) is 0 Å². The lowest BCUT2D eigenvalue weighted by molar-refractivity contribution is 0.590. The third kappa shape index (κ3) is 3.18. The van der Waals surface area contributed by atoms with Gasteiger partial charge in [-0.05, 0) is 25.1 Å². The summed E-state index contributed by atoms with van der Waals surface area (Å²) in [6, 6.07) is 8.90. The number of fused-ring (bicyclic) bond motifs is 1. The fourth-order valence-electron chi connectivity index (χ4n) is 2.52. The zero-order valence-corrected chi connectivity index (χ0v) is 15.3. The molecule has 0 N–H and O–H groups in total. The predicted molar refractivity (Wildman–Crippen MR) is 98.3 cm³/mol. The maximum Gasteiger partial charge on any atom is 0.203 e. The second kappa shape index (κ2) is 6.50. The van der Waals surface area contributed by atoms with Crippen molar-refractivity contribution in [3.8, 4) is 10.8 Å². The van der Waals surface area contributed by atoms with Crippen molar-refractivity contribution in [3.63, 3.8) is 0 Å². The molecule has 0 fully saturated rings. The summed E-state index contributed by atoms with van der Waals surface area (Å²) < 4.78 is 25.7. The van der Waals surface area contributed by atoms with Crippen LogP contribution >= 0.6 is 11.3 Å². The van der Waals surface area contributed by atoms with E-state index in [2.05, 4.69) is 24.9 Å². The number of sulfone groups is 1. The van der Waals surface area contributed by atoms with E-state index in [-0.39, 0.29) is 10.8 Å². The highest BCUT2D eigenvalue weighted by Gasteiger charge is 2.23. The summed E-state index contributed by atoms with van der Waals surface area (Å²) in [4.78, 5) is 21.3. The second-order valence-electron chi connectivity index (χ2n) is 5.58. The minimum Gasteiger partial charge on any atom is -0.248 e. The van der Waals surface area contributed by atoms with Gasteiger partial charge < -0.3 is 0 Å². The SMILES string of the molecule is Cc1nc2ccccc2nc1S(=O)(=O)Cc1csc(-c2ncccn2)n1. The van der Waals surface area contributed by atoms with Crippen molar-refractivity contribution < 1.29 is 8.42 Å². The van der Waals surface area contributed by atoms with Crippen molar-refractivity contribution in [1.29, 1.82) is 0 Å². The number of thiazole rings is 1. The van der Waals surface area contributed by atoms with Crippen LogP contribution in [-0.4, -0.2) is 33.3 Å². The lowest BCUT2D eigenvalue weighted by atomic mass is 10.3. The van der Waals surface area contributed by atoms with Crippen molar-refractivity contribution in [3.05, 3.63) is 59.5 Å². The van der Waals surface area contributed by atoms with E-state index >= 15 is 0 Å². The summed E-state index contributed by atoms with van der Waals surface area (Å²) >= 11 is 1.31. The molecule has 26 heavy (non-hydrogen) atoms. The Bertz CT molecular complexity index is 1190. The van der Waals surface area contributed by atoms with E-state index in [1.165, 1.54) is 11.3 Å². The van der Waals surface area contributed by atoms with Crippen molar-refractivity contribution in [1.82, 2.24) is 24.9 Å². The second-order valence-corrected chi connectivity index (χ2v) is 8.34. The normalized spacial score (nSPS) is 11.7. The molecule has 3 heterocycles. The molecular formula is C17H13N5O2S2. The molecule has 0 aliphatic heterocycles. The number of hydrogen-bond acceptors (Lipinski definition) is 8. The van der Waals surface area contributed by atoms with Crippen LogP contribution in [0.25, 0.3) is 21.9 Å². The number of hydrogen-bond donors (Lipinski definition) is 0. The summed E-state index contributed by atoms with van der Waals surface area (Å²) in [6.07, 6.45) is 3.24. The fourth-order valence-corrected chi connectivity index (χ4v) is 4.79. The van der Waals surface area contributed by atoms with Crippen LogP contribution < -0.4 is 0 Å². The largest absolute Gasteiger partial charge is 0.248 e. The van der Waals surface area contributed by atoms with Gasteiger partial charge in [0.1, 0.15) is 0 Å². The quantitative estimate of drug-likeness (QED) is 0.534. The minimum absolute atomic E-state index is 0.0123. The topological polar surface area (TPSA) is 98.6 Å². The van der Waals surface area contributed by atoms with Crippen LogP contribution in [0.1, 0.15) is 11.4 Å². The molecule has 130 valence electrons. The van der Waals surface area contributed by atoms with Crippen LogP contribution in [0.5, 0.6) is 0 Å². The van der Waals surface area contributed by atoms with E-state index in [9.17, 15) is 8.42 Å². The summed E-state index contributed by atoms with van der Waals surface area (Å²) in [5.74, 6) is 0.229. The highest BCUT2D eigenvalue weighted by molar-refractivity contribution is 7.90. The Balaban J connectivity index is 1.68. The zero-order chi connectivity index (χ0) is 18.1. The molecule has 0 atom stereocenters. The van der Waals surface area contributed by atoms with Crippen LogP contribution in [0.3, 0.4) is 0 Å². The molecule has 0 spiro atoms. The summed E-state index contributed by atoms with van der Waals surface area (Å²) in [7, 11) is -3.67. The summed E-state index contributed by atoms with van der Waals surface area (Å²) in [5, 5.41) is 2.27. The van der Waals surface area contributed by atoms with Gasteiger partial charge in [-0.15, -0.1) is 11.3 Å². The average molecular weight is 383 g/mol. The van der Waals surface area contributed by atoms with E-state index < -0.39 is 9.84 Å². The van der Waals surface area contributed by atoms with Crippen LogP contribution in [-0.2, 0) is 15.6 Å². The molecular weight excluding hydrogens is 370 g/mol. The molecule has 0 unspecified atom stereocenters. The Morgan fingerprint density at radius 1 is 0.962 bits per heavy atom. The monoisotopic (exact) mass is 383 g/mol. The van der Waals surface area contributed by atoms with Crippen LogP contribution in [0.2, 0.25) is 0 Å². The zero-order valence-electron chi connectivity index (χ0n) is 13.7. The minimum atomic E-state index is -3.67. The molecule has 4 aromatic rings. The van der Waals surface area contributed by atoms with Crippen molar-refractivity contribution in [2.45, 2.75) is 17.7 Å². The summed E-state index contributed by atoms with van der Waals surface area (Å²) in [6.45, 7) is 1.65. The molecule has 0 radical (unpaired) electrons. The summed E-state index contributed by atoms with van der Waals surface area (Å²) in [5.41, 5.74) is 2.03. The van der Waals surface area contributed by atoms with E-state index in [1.54, 1.807) is 49.0 Å². The first kappa shape index (κ1) is 16.7. The number of aryl methyl sites for hydroxylation is 1. The highest BCUT2D eigenvalue weighted by Crippen LogP contribution is 2.24. The number of aromatic nitrogens is 5. The smallest absolute Gasteiger partial charge is 0.203 e. The third-order valence-corrected chi connectivity index (χ3v) is 6.18. The maximum absolute atomic E-state index is 12.8. The van der Waals surface area contributed by atoms with E-state index in [1.807, 2.05) is 6.07 Å². The molecule has 1 aromatic carbocycles. The molecule has 9 heteroatoms. The first-order valence-electron chi connectivity index (χ1n) is 7.71. The first-order chi connectivity index (χ1) is 12.5. The third-order valence-electron chi connectivity index (χ3n) is 3.64. The Hall–Kier alpha value is -2.78. The van der Waals surface area contributed by atoms with Gasteiger partial charge in [0.2, 0.25) is 9.84 Å². The molecule has 0 saturated carbocycles. The standard InChI is InChI=1S/C17H13N5O2S2/c1-11-17(22-14-6-3-2-5-13(14)20-11)26(23,24)10-12-9-25-16(21-12)15-18-7-4-8-19-15/h2-9H,10H2,1H3. The molecule has 0 bridgehead atoms. The van der Waals surface area contributed by atoms with E-state index in [0.29, 0.717) is 33.3 Å². The number of benzene rings is 1. The van der Waals surface area contributed by atoms with Gasteiger partial charge in [-0.2, -0.15) is 0 Å². The van der Waals surface area contributed by atoms with Crippen molar-refractivity contribution in [2.75, 3.05) is 0 Å². The molecule has 0 aliphatic carbocycles. The van der Waals surface area contributed by atoms with Gasteiger partial charge >= 0.3 is 0 Å². The van der Waals surface area contributed by atoms with E-state index in [4.69, 9.17) is 0 Å². The van der Waals surface area contributed by atoms with Crippen LogP contribution in [0.4, 0.5) is 0 Å². The Labute approximate surface area is 153 Å². The Morgan fingerprint density at radius 2 is 1.65 bits per heavy atom. The van der Waals surface area contributed by atoms with Crippen molar-refractivity contribution >= 4 is 32.2 Å². The molecule has 0 amide bonds. The van der Waals surface area contributed by atoms with Crippen LogP contribution in [0.15, 0.2) is 53.1 Å². The lowest BCUT2D eigenvalue weighted by Crippen LogP contribution is -2.11. The molecule has 0 aliphatic rings. The Kier molecular flexibility index (Phi) is 4.17. The lowest BCUT2D eigenvalue weighted by Gasteiger charge is -2.06. The predicted octanol–water partition coefficient (Wildman–Crippen LogP) is 2.83. The molecule has 4 rings (SSSR count). The van der Waals surface area contributed by atoms with Gasteiger partial charge in [0.05, 0.1) is 28.2 Å². The highest BCUT2D eigenvalue weighted by atomic mass is 32.2. The maximum atomic E-state index is 12.8. The molecule has 0 saturated heterocycles. The van der Waals surface area contributed by atoms with Gasteiger partial charge in [-0.25, -0.2) is 33.3 Å². The fraction of sp³-hybridized carbons (Fsp3) is 0.118. The van der Waals surface area contributed by atoms with Gasteiger partial charge in [0.25, 0.3) is 0 Å². The number of para-hydroxylation sites is 2. The van der Waals surface area contributed by atoms with E-state index in [0.717, 1.165) is 0 Å². The average Bonchev–Trinajstić information content (AvgIpc) is 3.09. The Morgan fingerprint density at radius 3 is 2.38 bits per heavy atom.